The van der Waals surface area contributed by atoms with Crippen LogP contribution in [0.25, 0.3) is 0 Å². The first-order valence-electron chi connectivity index (χ1n) is 7.38. The van der Waals surface area contributed by atoms with E-state index in [1.54, 1.807) is 0 Å². The molecule has 1 aromatic rings. The molecule has 0 aromatic heterocycles. The molecule has 0 spiro atoms. The van der Waals surface area contributed by atoms with E-state index in [0.717, 1.165) is 36.5 Å². The van der Waals surface area contributed by atoms with Crippen molar-refractivity contribution in [2.24, 2.45) is 5.92 Å². The van der Waals surface area contributed by atoms with Gasteiger partial charge in [0.2, 0.25) is 0 Å². The predicted octanol–water partition coefficient (Wildman–Crippen LogP) is 4.31. The molecule has 1 saturated carbocycles. The normalized spacial score (nSPS) is 16.5. The van der Waals surface area contributed by atoms with Crippen molar-refractivity contribution in [3.63, 3.8) is 0 Å². The van der Waals surface area contributed by atoms with E-state index in [2.05, 4.69) is 46.4 Å². The number of hydrogen-bond acceptors (Lipinski definition) is 2. The summed E-state index contributed by atoms with van der Waals surface area (Å²) in [7, 11) is 0. The first-order chi connectivity index (χ1) is 9.31. The zero-order valence-electron chi connectivity index (χ0n) is 11.7. The molecule has 1 N–H and O–H groups in total. The van der Waals surface area contributed by atoms with E-state index in [0.29, 0.717) is 0 Å². The lowest BCUT2D eigenvalue weighted by Crippen LogP contribution is -2.24. The minimum Gasteiger partial charge on any atom is -0.372 e. The molecule has 1 fully saturated rings. The number of nitrogens with one attached hydrogen (secondary N) is 1. The maximum Gasteiger partial charge on any atom is 0.0960 e. The zero-order valence-corrected chi connectivity index (χ0v) is 13.3. The van der Waals surface area contributed by atoms with Crippen molar-refractivity contribution in [3.05, 3.63) is 34.3 Å². The molecule has 0 heterocycles. The van der Waals surface area contributed by atoms with Crippen LogP contribution >= 0.6 is 15.9 Å². The average molecular weight is 326 g/mol. The Bertz CT molecular complexity index is 379. The lowest BCUT2D eigenvalue weighted by Gasteiger charge is -2.20. The Morgan fingerprint density at radius 1 is 1.37 bits per heavy atom. The second kappa shape index (κ2) is 8.03. The molecule has 3 heteroatoms. The second-order valence-corrected chi connectivity index (χ2v) is 6.17. The Hall–Kier alpha value is -0.380. The molecule has 1 aliphatic rings. The minimum atomic E-state index is 0.154. The second-order valence-electron chi connectivity index (χ2n) is 5.32. The van der Waals surface area contributed by atoms with Gasteiger partial charge in [0.25, 0.3) is 0 Å². The molecule has 1 aliphatic carbocycles. The summed E-state index contributed by atoms with van der Waals surface area (Å²) in [5.41, 5.74) is 1.25. The van der Waals surface area contributed by atoms with Gasteiger partial charge in [0.1, 0.15) is 0 Å². The highest BCUT2D eigenvalue weighted by Gasteiger charge is 2.22. The molecule has 19 heavy (non-hydrogen) atoms. The molecule has 0 amide bonds. The quantitative estimate of drug-likeness (QED) is 0.683. The maximum absolute atomic E-state index is 6.11. The van der Waals surface area contributed by atoms with Crippen LogP contribution in [0.3, 0.4) is 0 Å². The van der Waals surface area contributed by atoms with Crippen molar-refractivity contribution in [3.8, 4) is 0 Å². The van der Waals surface area contributed by atoms with E-state index in [1.165, 1.54) is 24.8 Å². The van der Waals surface area contributed by atoms with Gasteiger partial charge in [0.15, 0.2) is 0 Å². The van der Waals surface area contributed by atoms with E-state index >= 15 is 0 Å². The molecule has 1 aromatic carbocycles. The number of benzene rings is 1. The summed E-state index contributed by atoms with van der Waals surface area (Å²) >= 11 is 3.63. The SMILES string of the molecule is CCCNCC(OCCC1CC1)c1ccccc1Br. The largest absolute Gasteiger partial charge is 0.372 e. The summed E-state index contributed by atoms with van der Waals surface area (Å²) in [5.74, 6) is 0.934. The van der Waals surface area contributed by atoms with Gasteiger partial charge in [-0.3, -0.25) is 0 Å². The van der Waals surface area contributed by atoms with Crippen molar-refractivity contribution in [2.45, 2.75) is 38.7 Å². The standard InChI is InChI=1S/C16H24BrNO/c1-2-10-18-12-16(19-11-9-13-7-8-13)14-5-3-4-6-15(14)17/h3-6,13,16,18H,2,7-12H2,1H3. The van der Waals surface area contributed by atoms with Crippen molar-refractivity contribution in [1.29, 1.82) is 0 Å². The Morgan fingerprint density at radius 2 is 2.16 bits per heavy atom. The highest BCUT2D eigenvalue weighted by Crippen LogP contribution is 2.33. The number of hydrogen-bond donors (Lipinski definition) is 1. The summed E-state index contributed by atoms with van der Waals surface area (Å²) < 4.78 is 7.26. The summed E-state index contributed by atoms with van der Waals surface area (Å²) in [5, 5.41) is 3.47. The Morgan fingerprint density at radius 3 is 2.84 bits per heavy atom. The third kappa shape index (κ3) is 5.25. The van der Waals surface area contributed by atoms with E-state index < -0.39 is 0 Å². The van der Waals surface area contributed by atoms with Crippen molar-refractivity contribution in [1.82, 2.24) is 5.32 Å². The van der Waals surface area contributed by atoms with Gasteiger partial charge in [-0.05, 0) is 36.9 Å². The summed E-state index contributed by atoms with van der Waals surface area (Å²) in [6.45, 7) is 5.01. The molecule has 106 valence electrons. The van der Waals surface area contributed by atoms with Crippen LogP contribution in [-0.2, 0) is 4.74 Å². The van der Waals surface area contributed by atoms with E-state index in [9.17, 15) is 0 Å². The zero-order chi connectivity index (χ0) is 13.5. The van der Waals surface area contributed by atoms with Gasteiger partial charge in [-0.15, -0.1) is 0 Å². The van der Waals surface area contributed by atoms with Gasteiger partial charge < -0.3 is 10.1 Å². The molecule has 0 aliphatic heterocycles. The van der Waals surface area contributed by atoms with Crippen LogP contribution in [0, 0.1) is 5.92 Å². The summed E-state index contributed by atoms with van der Waals surface area (Å²) in [4.78, 5) is 0. The third-order valence-corrected chi connectivity index (χ3v) is 4.27. The molecule has 0 radical (unpaired) electrons. The van der Waals surface area contributed by atoms with Crippen LogP contribution in [0.15, 0.2) is 28.7 Å². The van der Waals surface area contributed by atoms with E-state index in [1.807, 2.05) is 6.07 Å². The summed E-state index contributed by atoms with van der Waals surface area (Å²) in [6.07, 6.45) is 5.33. The fourth-order valence-electron chi connectivity index (χ4n) is 2.19. The van der Waals surface area contributed by atoms with Crippen LogP contribution in [0.2, 0.25) is 0 Å². The molecule has 2 rings (SSSR count). The van der Waals surface area contributed by atoms with Crippen LogP contribution in [0.5, 0.6) is 0 Å². The fourth-order valence-corrected chi connectivity index (χ4v) is 2.73. The fraction of sp³-hybridized carbons (Fsp3) is 0.625. The molecular weight excluding hydrogens is 302 g/mol. The molecular formula is C16H24BrNO. The Labute approximate surface area is 125 Å². The van der Waals surface area contributed by atoms with Gasteiger partial charge in [0.05, 0.1) is 6.10 Å². The predicted molar refractivity (Wildman–Crippen MR) is 83.3 cm³/mol. The molecule has 2 nitrogen and oxygen atoms in total. The van der Waals surface area contributed by atoms with Gasteiger partial charge in [-0.2, -0.15) is 0 Å². The number of halogens is 1. The first-order valence-corrected chi connectivity index (χ1v) is 8.17. The minimum absolute atomic E-state index is 0.154. The van der Waals surface area contributed by atoms with Crippen molar-refractivity contribution in [2.75, 3.05) is 19.7 Å². The van der Waals surface area contributed by atoms with Crippen LogP contribution < -0.4 is 5.32 Å². The highest BCUT2D eigenvalue weighted by molar-refractivity contribution is 9.10. The van der Waals surface area contributed by atoms with E-state index in [4.69, 9.17) is 4.74 Å². The lowest BCUT2D eigenvalue weighted by molar-refractivity contribution is 0.0483. The third-order valence-electron chi connectivity index (χ3n) is 3.55. The topological polar surface area (TPSA) is 21.3 Å². The number of ether oxygens (including phenoxy) is 1. The lowest BCUT2D eigenvalue weighted by atomic mass is 10.1. The molecule has 1 atom stereocenters. The molecule has 0 bridgehead atoms. The maximum atomic E-state index is 6.11. The van der Waals surface area contributed by atoms with Gasteiger partial charge in [-0.25, -0.2) is 0 Å². The van der Waals surface area contributed by atoms with Crippen LogP contribution in [0.4, 0.5) is 0 Å². The van der Waals surface area contributed by atoms with Crippen LogP contribution in [-0.4, -0.2) is 19.7 Å². The summed E-state index contributed by atoms with van der Waals surface area (Å²) in [6, 6.07) is 8.37. The highest BCUT2D eigenvalue weighted by atomic mass is 79.9. The van der Waals surface area contributed by atoms with Crippen molar-refractivity contribution >= 4 is 15.9 Å². The van der Waals surface area contributed by atoms with E-state index in [-0.39, 0.29) is 6.10 Å². The van der Waals surface area contributed by atoms with Crippen LogP contribution in [0.1, 0.15) is 44.3 Å². The van der Waals surface area contributed by atoms with Crippen molar-refractivity contribution < 1.29 is 4.74 Å². The molecule has 0 saturated heterocycles. The number of rotatable bonds is 9. The molecule has 1 unspecified atom stereocenters. The van der Waals surface area contributed by atoms with Gasteiger partial charge in [0, 0.05) is 17.6 Å². The average Bonchev–Trinajstić information content (AvgIpc) is 3.22. The van der Waals surface area contributed by atoms with Gasteiger partial charge >= 0.3 is 0 Å². The Kier molecular flexibility index (Phi) is 6.35. The Balaban J connectivity index is 1.89. The monoisotopic (exact) mass is 325 g/mol. The van der Waals surface area contributed by atoms with Gasteiger partial charge in [-0.1, -0.05) is 53.9 Å². The smallest absolute Gasteiger partial charge is 0.0960 e. The first kappa shape index (κ1) is 15.0.